The Balaban J connectivity index is 1.38. The topological polar surface area (TPSA) is 29.5 Å². The van der Waals surface area contributed by atoms with Crippen molar-refractivity contribution in [3.8, 4) is 11.1 Å². The van der Waals surface area contributed by atoms with E-state index in [2.05, 4.69) is 138 Å². The van der Waals surface area contributed by atoms with Crippen molar-refractivity contribution in [2.45, 2.75) is 0 Å². The highest BCUT2D eigenvalue weighted by Crippen LogP contribution is 2.47. The van der Waals surface area contributed by atoms with Gasteiger partial charge in [-0.1, -0.05) is 109 Å². The van der Waals surface area contributed by atoms with E-state index in [0.29, 0.717) is 0 Å². The van der Waals surface area contributed by atoms with E-state index in [1.54, 1.807) is 0 Å². The number of fused-ring (bicyclic) bond motifs is 8. The van der Waals surface area contributed by atoms with Crippen molar-refractivity contribution in [1.29, 1.82) is 0 Å². The fraction of sp³-hybridized carbons (Fsp3) is 0. The molecule has 202 valence electrons. The average molecular weight is 552 g/mol. The zero-order valence-corrected chi connectivity index (χ0v) is 23.2. The summed E-state index contributed by atoms with van der Waals surface area (Å²) in [6.45, 7) is 0. The Hall–Kier alpha value is -5.80. The fourth-order valence-corrected chi connectivity index (χ4v) is 6.49. The second-order valence-corrected chi connectivity index (χ2v) is 10.9. The molecule has 0 unspecified atom stereocenters. The molecule has 2 aromatic heterocycles. The predicted molar refractivity (Wildman–Crippen MR) is 179 cm³/mol. The summed E-state index contributed by atoms with van der Waals surface area (Å²) < 4.78 is 13.2. The fourth-order valence-electron chi connectivity index (χ4n) is 6.49. The van der Waals surface area contributed by atoms with Crippen LogP contribution in [0.1, 0.15) is 0 Å². The molecule has 2 heterocycles. The molecular weight excluding hydrogens is 526 g/mol. The number of nitrogens with zero attached hydrogens (tertiary/aromatic N) is 1. The normalized spacial score (nSPS) is 11.7. The lowest BCUT2D eigenvalue weighted by atomic mass is 10.0. The molecule has 0 atom stereocenters. The Morgan fingerprint density at radius 3 is 2.00 bits per heavy atom. The molecule has 7 aromatic carbocycles. The lowest BCUT2D eigenvalue weighted by Gasteiger charge is -2.26. The number of hydrogen-bond donors (Lipinski definition) is 0. The third kappa shape index (κ3) is 3.68. The van der Waals surface area contributed by atoms with Crippen LogP contribution in [0.25, 0.3) is 65.8 Å². The molecule has 43 heavy (non-hydrogen) atoms. The Bertz CT molecular complexity index is 2470. The van der Waals surface area contributed by atoms with Gasteiger partial charge in [-0.25, -0.2) is 0 Å². The van der Waals surface area contributed by atoms with E-state index in [9.17, 15) is 0 Å². The van der Waals surface area contributed by atoms with E-state index >= 15 is 0 Å². The van der Waals surface area contributed by atoms with Crippen LogP contribution >= 0.6 is 0 Å². The van der Waals surface area contributed by atoms with Crippen molar-refractivity contribution in [3.63, 3.8) is 0 Å². The van der Waals surface area contributed by atoms with Crippen molar-refractivity contribution in [3.05, 3.63) is 152 Å². The number of hydrogen-bond acceptors (Lipinski definition) is 3. The molecule has 0 saturated carbocycles. The van der Waals surface area contributed by atoms with Gasteiger partial charge >= 0.3 is 0 Å². The van der Waals surface area contributed by atoms with Gasteiger partial charge < -0.3 is 13.7 Å². The molecule has 3 heteroatoms. The van der Waals surface area contributed by atoms with E-state index in [4.69, 9.17) is 8.83 Å². The molecule has 0 N–H and O–H groups in total. The standard InChI is InChI=1S/C40H25NO2/c1-2-11-26(12-3-1)28-14-8-15-29(25-28)41(34-19-10-22-37-38(34)33-17-6-7-21-36(33)42-37)35-20-9-18-31-32-24-23-27-13-4-5-16-30(27)39(32)43-40(31)35/h1-25H. The molecule has 0 aliphatic heterocycles. The number of para-hydroxylation sites is 2. The van der Waals surface area contributed by atoms with Crippen molar-refractivity contribution < 1.29 is 8.83 Å². The molecule has 9 rings (SSSR count). The summed E-state index contributed by atoms with van der Waals surface area (Å²) in [7, 11) is 0. The summed E-state index contributed by atoms with van der Waals surface area (Å²) in [5.41, 5.74) is 8.85. The number of rotatable bonds is 4. The Labute approximate surface area is 247 Å². The molecular formula is C40H25NO2. The molecule has 0 aliphatic carbocycles. The first-order chi connectivity index (χ1) is 21.3. The second kappa shape index (κ2) is 9.37. The quantitative estimate of drug-likeness (QED) is 0.218. The van der Waals surface area contributed by atoms with E-state index in [-0.39, 0.29) is 0 Å². The van der Waals surface area contributed by atoms with E-state index in [1.165, 1.54) is 5.56 Å². The molecule has 0 spiro atoms. The van der Waals surface area contributed by atoms with Crippen LogP contribution in [0.5, 0.6) is 0 Å². The summed E-state index contributed by atoms with van der Waals surface area (Å²) in [4.78, 5) is 2.32. The first-order valence-corrected chi connectivity index (χ1v) is 14.5. The molecule has 0 radical (unpaired) electrons. The molecule has 0 amide bonds. The predicted octanol–water partition coefficient (Wildman–Crippen LogP) is 11.8. The lowest BCUT2D eigenvalue weighted by molar-refractivity contribution is 0.668. The van der Waals surface area contributed by atoms with Crippen LogP contribution in [0.2, 0.25) is 0 Å². The van der Waals surface area contributed by atoms with Crippen LogP contribution in [-0.2, 0) is 0 Å². The minimum absolute atomic E-state index is 0.851. The second-order valence-electron chi connectivity index (χ2n) is 10.9. The van der Waals surface area contributed by atoms with Crippen LogP contribution in [-0.4, -0.2) is 0 Å². The van der Waals surface area contributed by atoms with Gasteiger partial charge in [0.2, 0.25) is 0 Å². The third-order valence-corrected chi connectivity index (χ3v) is 8.44. The Morgan fingerprint density at radius 2 is 1.07 bits per heavy atom. The minimum atomic E-state index is 0.851. The summed E-state index contributed by atoms with van der Waals surface area (Å²) in [6.07, 6.45) is 0. The Morgan fingerprint density at radius 1 is 0.395 bits per heavy atom. The lowest BCUT2D eigenvalue weighted by Crippen LogP contribution is -2.10. The maximum Gasteiger partial charge on any atom is 0.159 e. The van der Waals surface area contributed by atoms with E-state index in [0.717, 1.165) is 77.3 Å². The van der Waals surface area contributed by atoms with Crippen LogP contribution in [0.4, 0.5) is 17.1 Å². The maximum atomic E-state index is 6.85. The molecule has 9 aromatic rings. The zero-order valence-electron chi connectivity index (χ0n) is 23.2. The molecule has 3 nitrogen and oxygen atoms in total. The minimum Gasteiger partial charge on any atom is -0.456 e. The van der Waals surface area contributed by atoms with Gasteiger partial charge in [0.1, 0.15) is 16.7 Å². The monoisotopic (exact) mass is 551 g/mol. The van der Waals surface area contributed by atoms with Crippen LogP contribution in [0.15, 0.2) is 160 Å². The molecule has 0 aliphatic rings. The number of anilines is 3. The van der Waals surface area contributed by atoms with Gasteiger partial charge in [-0.3, -0.25) is 0 Å². The third-order valence-electron chi connectivity index (χ3n) is 8.44. The summed E-state index contributed by atoms with van der Waals surface area (Å²) in [6, 6.07) is 53.0. The van der Waals surface area contributed by atoms with Crippen molar-refractivity contribution in [2.75, 3.05) is 4.90 Å². The van der Waals surface area contributed by atoms with Crippen molar-refractivity contribution >= 4 is 71.7 Å². The first-order valence-electron chi connectivity index (χ1n) is 14.5. The van der Waals surface area contributed by atoms with Crippen LogP contribution in [0.3, 0.4) is 0 Å². The van der Waals surface area contributed by atoms with E-state index < -0.39 is 0 Å². The average Bonchev–Trinajstić information content (AvgIpc) is 3.65. The Kier molecular flexibility index (Phi) is 5.20. The highest BCUT2D eigenvalue weighted by Gasteiger charge is 2.23. The molecule has 0 fully saturated rings. The van der Waals surface area contributed by atoms with Gasteiger partial charge in [0.05, 0.1) is 16.8 Å². The molecule has 0 saturated heterocycles. The number of benzene rings is 7. The smallest absolute Gasteiger partial charge is 0.159 e. The first kappa shape index (κ1) is 23.9. The summed E-state index contributed by atoms with van der Waals surface area (Å²) >= 11 is 0. The van der Waals surface area contributed by atoms with Gasteiger partial charge in [-0.05, 0) is 59.0 Å². The maximum absolute atomic E-state index is 6.85. The van der Waals surface area contributed by atoms with Gasteiger partial charge in [-0.2, -0.15) is 0 Å². The molecule has 0 bridgehead atoms. The van der Waals surface area contributed by atoms with Crippen LogP contribution in [0, 0.1) is 0 Å². The summed E-state index contributed by atoms with van der Waals surface area (Å²) in [5.74, 6) is 0. The van der Waals surface area contributed by atoms with Gasteiger partial charge in [0.25, 0.3) is 0 Å². The van der Waals surface area contributed by atoms with Gasteiger partial charge in [0.15, 0.2) is 5.58 Å². The van der Waals surface area contributed by atoms with Gasteiger partial charge in [0, 0.05) is 27.2 Å². The largest absolute Gasteiger partial charge is 0.456 e. The van der Waals surface area contributed by atoms with E-state index in [1.807, 2.05) is 18.2 Å². The zero-order chi connectivity index (χ0) is 28.3. The highest BCUT2D eigenvalue weighted by molar-refractivity contribution is 6.19. The van der Waals surface area contributed by atoms with Crippen molar-refractivity contribution in [1.82, 2.24) is 0 Å². The van der Waals surface area contributed by atoms with Gasteiger partial charge in [-0.15, -0.1) is 0 Å². The number of furan rings is 2. The highest BCUT2D eigenvalue weighted by atomic mass is 16.3. The van der Waals surface area contributed by atoms with Crippen molar-refractivity contribution in [2.24, 2.45) is 0 Å². The SMILES string of the molecule is c1ccc(-c2cccc(N(c3cccc4c3oc3c5ccccc5ccc43)c3cccc4oc5ccccc5c34)c2)cc1. The summed E-state index contributed by atoms with van der Waals surface area (Å²) in [5, 5.41) is 6.63. The van der Waals surface area contributed by atoms with Crippen LogP contribution < -0.4 is 4.90 Å².